The number of amides is 1. The molecule has 5 nitrogen and oxygen atoms in total. The van der Waals surface area contributed by atoms with Crippen molar-refractivity contribution in [3.8, 4) is 6.07 Å². The number of hydrogen-bond donors (Lipinski definition) is 1. The zero-order valence-electron chi connectivity index (χ0n) is 13.1. The van der Waals surface area contributed by atoms with Gasteiger partial charge in [0.25, 0.3) is 5.91 Å². The maximum absolute atomic E-state index is 12.9. The van der Waals surface area contributed by atoms with Crippen LogP contribution in [0.5, 0.6) is 0 Å². The van der Waals surface area contributed by atoms with Crippen LogP contribution in [0.1, 0.15) is 24.8 Å². The third-order valence-electron chi connectivity index (χ3n) is 3.58. The molecule has 2 atom stereocenters. The second-order valence-corrected chi connectivity index (χ2v) is 5.39. The standard InChI is InChI=1S/C18H16FN3O2/c1-12(13-5-7-14(19)8-6-13)10-16(23)15(11-20)18(24)22-17-4-2-3-9-21-17/h2-9,12,15H,10H2,1H3,(H,21,22,24)/t12-,15-/m0/s1. The zero-order valence-corrected chi connectivity index (χ0v) is 13.1. The van der Waals surface area contributed by atoms with Crippen LogP contribution in [-0.4, -0.2) is 16.7 Å². The van der Waals surface area contributed by atoms with Gasteiger partial charge in [-0.2, -0.15) is 5.26 Å². The number of carbonyl (C=O) groups excluding carboxylic acids is 2. The van der Waals surface area contributed by atoms with Crippen LogP contribution in [0.3, 0.4) is 0 Å². The fourth-order valence-electron chi connectivity index (χ4n) is 2.24. The van der Waals surface area contributed by atoms with Crippen LogP contribution in [0.2, 0.25) is 0 Å². The van der Waals surface area contributed by atoms with Gasteiger partial charge in [0.15, 0.2) is 11.7 Å². The Bertz CT molecular complexity index is 754. The first kappa shape index (κ1) is 17.3. The summed E-state index contributed by atoms with van der Waals surface area (Å²) < 4.78 is 12.9. The van der Waals surface area contributed by atoms with Crippen molar-refractivity contribution in [3.05, 3.63) is 60.0 Å². The van der Waals surface area contributed by atoms with E-state index in [1.54, 1.807) is 43.3 Å². The average Bonchev–Trinajstić information content (AvgIpc) is 2.57. The van der Waals surface area contributed by atoms with Crippen molar-refractivity contribution in [2.45, 2.75) is 19.3 Å². The summed E-state index contributed by atoms with van der Waals surface area (Å²) in [6, 6.07) is 12.5. The van der Waals surface area contributed by atoms with Gasteiger partial charge in [-0.3, -0.25) is 9.59 Å². The number of Topliss-reactive ketones (excluding diaryl/α,β-unsaturated/α-hetero) is 1. The Morgan fingerprint density at radius 1 is 1.25 bits per heavy atom. The van der Waals surface area contributed by atoms with E-state index in [9.17, 15) is 14.0 Å². The molecule has 122 valence electrons. The largest absolute Gasteiger partial charge is 0.309 e. The predicted octanol–water partition coefficient (Wildman–Crippen LogP) is 3.06. The molecule has 1 aromatic carbocycles. The van der Waals surface area contributed by atoms with Gasteiger partial charge in [-0.15, -0.1) is 0 Å². The van der Waals surface area contributed by atoms with Gasteiger partial charge >= 0.3 is 0 Å². The highest BCUT2D eigenvalue weighted by Gasteiger charge is 2.28. The molecular formula is C18H16FN3O2. The van der Waals surface area contributed by atoms with Crippen molar-refractivity contribution >= 4 is 17.5 Å². The van der Waals surface area contributed by atoms with E-state index < -0.39 is 17.6 Å². The van der Waals surface area contributed by atoms with Crippen LogP contribution in [0, 0.1) is 23.1 Å². The average molecular weight is 325 g/mol. The Morgan fingerprint density at radius 3 is 2.54 bits per heavy atom. The molecule has 0 aliphatic rings. The monoisotopic (exact) mass is 325 g/mol. The molecule has 6 heteroatoms. The van der Waals surface area contributed by atoms with Crippen molar-refractivity contribution in [3.63, 3.8) is 0 Å². The van der Waals surface area contributed by atoms with E-state index in [2.05, 4.69) is 10.3 Å². The topological polar surface area (TPSA) is 82.8 Å². The summed E-state index contributed by atoms with van der Waals surface area (Å²) in [5, 5.41) is 11.6. The minimum Gasteiger partial charge on any atom is -0.309 e. The van der Waals surface area contributed by atoms with Crippen molar-refractivity contribution < 1.29 is 14.0 Å². The van der Waals surface area contributed by atoms with Gasteiger partial charge in [0.1, 0.15) is 11.6 Å². The Morgan fingerprint density at radius 2 is 1.96 bits per heavy atom. The number of nitriles is 1. The lowest BCUT2D eigenvalue weighted by Crippen LogP contribution is -2.29. The zero-order chi connectivity index (χ0) is 17.5. The maximum Gasteiger partial charge on any atom is 0.250 e. The number of nitrogens with one attached hydrogen (secondary N) is 1. The van der Waals surface area contributed by atoms with Crippen molar-refractivity contribution in [2.75, 3.05) is 5.32 Å². The number of rotatable bonds is 6. The van der Waals surface area contributed by atoms with E-state index in [-0.39, 0.29) is 24.0 Å². The lowest BCUT2D eigenvalue weighted by atomic mass is 9.91. The summed E-state index contributed by atoms with van der Waals surface area (Å²) in [4.78, 5) is 28.3. The maximum atomic E-state index is 12.9. The van der Waals surface area contributed by atoms with E-state index in [4.69, 9.17) is 5.26 Å². The number of hydrogen-bond acceptors (Lipinski definition) is 4. The van der Waals surface area contributed by atoms with Gasteiger partial charge in [0.2, 0.25) is 0 Å². The summed E-state index contributed by atoms with van der Waals surface area (Å²) in [5.74, 6) is -2.90. The summed E-state index contributed by atoms with van der Waals surface area (Å²) in [5.41, 5.74) is 0.770. The highest BCUT2D eigenvalue weighted by Crippen LogP contribution is 2.21. The number of pyridine rings is 1. The molecule has 1 aromatic heterocycles. The van der Waals surface area contributed by atoms with Crippen molar-refractivity contribution in [1.82, 2.24) is 4.98 Å². The van der Waals surface area contributed by atoms with Crippen LogP contribution < -0.4 is 5.32 Å². The van der Waals surface area contributed by atoms with Crippen LogP contribution in [0.15, 0.2) is 48.7 Å². The second-order valence-electron chi connectivity index (χ2n) is 5.39. The molecular weight excluding hydrogens is 309 g/mol. The third-order valence-corrected chi connectivity index (χ3v) is 3.58. The number of ketones is 1. The fourth-order valence-corrected chi connectivity index (χ4v) is 2.24. The Labute approximate surface area is 139 Å². The molecule has 24 heavy (non-hydrogen) atoms. The molecule has 0 aliphatic carbocycles. The molecule has 0 saturated carbocycles. The normalized spacial score (nSPS) is 12.7. The Hall–Kier alpha value is -3.07. The SMILES string of the molecule is C[C@@H](CC(=O)[C@H](C#N)C(=O)Nc1ccccn1)c1ccc(F)cc1. The van der Waals surface area contributed by atoms with Crippen LogP contribution >= 0.6 is 0 Å². The highest BCUT2D eigenvalue weighted by molar-refractivity contribution is 6.09. The first-order chi connectivity index (χ1) is 11.5. The Kier molecular flexibility index (Phi) is 5.74. The molecule has 0 fully saturated rings. The number of nitrogens with zero attached hydrogens (tertiary/aromatic N) is 2. The molecule has 0 aliphatic heterocycles. The molecule has 2 aromatic rings. The van der Waals surface area contributed by atoms with Gasteiger partial charge in [-0.05, 0) is 35.7 Å². The number of halogens is 1. The van der Waals surface area contributed by atoms with Crippen LogP contribution in [-0.2, 0) is 9.59 Å². The van der Waals surface area contributed by atoms with Gasteiger partial charge in [0.05, 0.1) is 6.07 Å². The summed E-state index contributed by atoms with van der Waals surface area (Å²) >= 11 is 0. The Balaban J connectivity index is 2.01. The van der Waals surface area contributed by atoms with Gasteiger partial charge in [-0.25, -0.2) is 9.37 Å². The summed E-state index contributed by atoms with van der Waals surface area (Å²) in [6.45, 7) is 1.79. The fraction of sp³-hybridized carbons (Fsp3) is 0.222. The van der Waals surface area contributed by atoms with Crippen molar-refractivity contribution in [1.29, 1.82) is 5.26 Å². The number of anilines is 1. The lowest BCUT2D eigenvalue weighted by molar-refractivity contribution is -0.129. The number of aromatic nitrogens is 1. The molecule has 1 N–H and O–H groups in total. The molecule has 2 rings (SSSR count). The molecule has 0 saturated heterocycles. The highest BCUT2D eigenvalue weighted by atomic mass is 19.1. The molecule has 1 amide bonds. The number of benzene rings is 1. The molecule has 1 heterocycles. The first-order valence-corrected chi connectivity index (χ1v) is 7.41. The second kappa shape index (κ2) is 7.97. The number of carbonyl (C=O) groups is 2. The summed E-state index contributed by atoms with van der Waals surface area (Å²) in [7, 11) is 0. The quantitative estimate of drug-likeness (QED) is 0.827. The summed E-state index contributed by atoms with van der Waals surface area (Å²) in [6.07, 6.45) is 1.51. The van der Waals surface area contributed by atoms with E-state index >= 15 is 0 Å². The van der Waals surface area contributed by atoms with Gasteiger partial charge < -0.3 is 5.32 Å². The van der Waals surface area contributed by atoms with Crippen LogP contribution in [0.25, 0.3) is 0 Å². The molecule has 0 radical (unpaired) electrons. The molecule has 0 unspecified atom stereocenters. The van der Waals surface area contributed by atoms with E-state index in [0.717, 1.165) is 5.56 Å². The molecule has 0 spiro atoms. The predicted molar refractivity (Wildman–Crippen MR) is 86.4 cm³/mol. The van der Waals surface area contributed by atoms with E-state index in [1.165, 1.54) is 18.3 Å². The van der Waals surface area contributed by atoms with E-state index in [0.29, 0.717) is 0 Å². The first-order valence-electron chi connectivity index (χ1n) is 7.41. The smallest absolute Gasteiger partial charge is 0.250 e. The van der Waals surface area contributed by atoms with Crippen LogP contribution in [0.4, 0.5) is 10.2 Å². The lowest BCUT2D eigenvalue weighted by Gasteiger charge is -2.13. The van der Waals surface area contributed by atoms with E-state index in [1.807, 2.05) is 0 Å². The van der Waals surface area contributed by atoms with Crippen molar-refractivity contribution in [2.24, 2.45) is 5.92 Å². The minimum absolute atomic E-state index is 0.0134. The minimum atomic E-state index is -1.41. The molecule has 0 bridgehead atoms. The van der Waals surface area contributed by atoms with Gasteiger partial charge in [0, 0.05) is 12.6 Å². The third kappa shape index (κ3) is 4.46. The van der Waals surface area contributed by atoms with Gasteiger partial charge in [-0.1, -0.05) is 25.1 Å².